The molecule has 1 aromatic heterocycles. The summed E-state index contributed by atoms with van der Waals surface area (Å²) in [5, 5.41) is 7.88. The third-order valence-electron chi connectivity index (χ3n) is 4.39. The molecule has 21 heavy (non-hydrogen) atoms. The van der Waals surface area contributed by atoms with Gasteiger partial charge >= 0.3 is 0 Å². The van der Waals surface area contributed by atoms with E-state index in [0.717, 1.165) is 17.4 Å². The highest BCUT2D eigenvalue weighted by molar-refractivity contribution is 6.05. The lowest BCUT2D eigenvalue weighted by atomic mass is 9.89. The molecule has 112 valence electrons. The number of hydrogen-bond acceptors (Lipinski definition) is 3. The van der Waals surface area contributed by atoms with E-state index in [1.54, 1.807) is 17.0 Å². The maximum Gasteiger partial charge on any atom is 0.274 e. The van der Waals surface area contributed by atoms with Crippen molar-refractivity contribution in [1.82, 2.24) is 15.1 Å². The van der Waals surface area contributed by atoms with E-state index in [1.807, 2.05) is 13.1 Å². The Balaban J connectivity index is 1.77. The SMILES string of the molecule is CN(CC1CCCCC1)C(=O)c1n[nH]c2ccc(N)cc12. The predicted octanol–water partition coefficient (Wildman–Crippen LogP) is 2.80. The van der Waals surface area contributed by atoms with Gasteiger partial charge < -0.3 is 10.6 Å². The zero-order valence-corrected chi connectivity index (χ0v) is 12.4. The topological polar surface area (TPSA) is 75.0 Å². The minimum absolute atomic E-state index is 0.0302. The van der Waals surface area contributed by atoms with Crippen molar-refractivity contribution in [2.24, 2.45) is 5.92 Å². The summed E-state index contributed by atoms with van der Waals surface area (Å²) in [5.41, 5.74) is 7.77. The van der Waals surface area contributed by atoms with E-state index >= 15 is 0 Å². The summed E-state index contributed by atoms with van der Waals surface area (Å²) in [7, 11) is 1.86. The Morgan fingerprint density at radius 3 is 2.90 bits per heavy atom. The van der Waals surface area contributed by atoms with Crippen molar-refractivity contribution in [2.45, 2.75) is 32.1 Å². The molecule has 1 aliphatic rings. The normalized spacial score (nSPS) is 16.2. The Morgan fingerprint density at radius 1 is 1.38 bits per heavy atom. The van der Waals surface area contributed by atoms with Gasteiger partial charge in [0, 0.05) is 24.7 Å². The van der Waals surface area contributed by atoms with Gasteiger partial charge in [-0.2, -0.15) is 5.10 Å². The van der Waals surface area contributed by atoms with Crippen molar-refractivity contribution < 1.29 is 4.79 Å². The minimum Gasteiger partial charge on any atom is -0.399 e. The summed E-state index contributed by atoms with van der Waals surface area (Å²) in [4.78, 5) is 14.4. The Hall–Kier alpha value is -2.04. The average Bonchev–Trinajstić information content (AvgIpc) is 2.90. The van der Waals surface area contributed by atoms with Crippen molar-refractivity contribution >= 4 is 22.5 Å². The van der Waals surface area contributed by atoms with E-state index in [1.165, 1.54) is 32.1 Å². The Bertz CT molecular complexity index is 643. The van der Waals surface area contributed by atoms with Crippen LogP contribution in [0.5, 0.6) is 0 Å². The van der Waals surface area contributed by atoms with Gasteiger partial charge in [0.1, 0.15) is 0 Å². The third kappa shape index (κ3) is 2.86. The number of anilines is 1. The number of fused-ring (bicyclic) bond motifs is 1. The van der Waals surface area contributed by atoms with Gasteiger partial charge in [-0.1, -0.05) is 19.3 Å². The molecule has 3 N–H and O–H groups in total. The number of nitrogens with two attached hydrogens (primary N) is 1. The van der Waals surface area contributed by atoms with Crippen LogP contribution in [0.3, 0.4) is 0 Å². The van der Waals surface area contributed by atoms with Gasteiger partial charge in [-0.3, -0.25) is 9.89 Å². The van der Waals surface area contributed by atoms with Gasteiger partial charge in [0.25, 0.3) is 5.91 Å². The quantitative estimate of drug-likeness (QED) is 0.852. The molecule has 0 saturated heterocycles. The molecule has 1 amide bonds. The first kappa shape index (κ1) is 13.9. The van der Waals surface area contributed by atoms with E-state index in [2.05, 4.69) is 10.2 Å². The van der Waals surface area contributed by atoms with Gasteiger partial charge in [0.2, 0.25) is 0 Å². The van der Waals surface area contributed by atoms with Crippen LogP contribution in [-0.4, -0.2) is 34.6 Å². The fourth-order valence-corrected chi connectivity index (χ4v) is 3.22. The number of aromatic amines is 1. The highest BCUT2D eigenvalue weighted by Gasteiger charge is 2.22. The first-order chi connectivity index (χ1) is 10.1. The molecule has 0 bridgehead atoms. The Labute approximate surface area is 124 Å². The number of H-pyrrole nitrogens is 1. The molecule has 1 saturated carbocycles. The van der Waals surface area contributed by atoms with Crippen LogP contribution in [-0.2, 0) is 0 Å². The maximum absolute atomic E-state index is 12.6. The molecule has 0 aliphatic heterocycles. The molecule has 5 nitrogen and oxygen atoms in total. The van der Waals surface area contributed by atoms with Gasteiger partial charge in [0.05, 0.1) is 5.52 Å². The fraction of sp³-hybridized carbons (Fsp3) is 0.500. The number of nitrogens with one attached hydrogen (secondary N) is 1. The standard InChI is InChI=1S/C16H22N4O/c1-20(10-11-5-3-2-4-6-11)16(21)15-13-9-12(17)7-8-14(13)18-19-15/h7-9,11H,2-6,10,17H2,1H3,(H,18,19). The molecule has 2 aromatic rings. The van der Waals surface area contributed by atoms with E-state index < -0.39 is 0 Å². The number of nitrogens with zero attached hydrogens (tertiary/aromatic N) is 2. The Morgan fingerprint density at radius 2 is 2.14 bits per heavy atom. The van der Waals surface area contributed by atoms with E-state index in [4.69, 9.17) is 5.73 Å². The number of carbonyl (C=O) groups excluding carboxylic acids is 1. The number of benzene rings is 1. The summed E-state index contributed by atoms with van der Waals surface area (Å²) in [5.74, 6) is 0.598. The van der Waals surface area contributed by atoms with Crippen LogP contribution in [0.15, 0.2) is 18.2 Å². The predicted molar refractivity (Wildman–Crippen MR) is 84.0 cm³/mol. The van der Waals surface area contributed by atoms with Crippen LogP contribution >= 0.6 is 0 Å². The lowest BCUT2D eigenvalue weighted by Gasteiger charge is -2.26. The molecular formula is C16H22N4O. The summed E-state index contributed by atoms with van der Waals surface area (Å²) >= 11 is 0. The molecule has 1 aromatic carbocycles. The molecule has 1 fully saturated rings. The number of carbonyl (C=O) groups is 1. The molecular weight excluding hydrogens is 264 g/mol. The van der Waals surface area contributed by atoms with E-state index in [9.17, 15) is 4.79 Å². The summed E-state index contributed by atoms with van der Waals surface area (Å²) in [6.07, 6.45) is 6.36. The van der Waals surface area contributed by atoms with Gasteiger partial charge in [-0.15, -0.1) is 0 Å². The summed E-state index contributed by atoms with van der Waals surface area (Å²) < 4.78 is 0. The van der Waals surface area contributed by atoms with Crippen molar-refractivity contribution in [1.29, 1.82) is 0 Å². The molecule has 3 rings (SSSR count). The van der Waals surface area contributed by atoms with Crippen LogP contribution in [0.2, 0.25) is 0 Å². The second-order valence-corrected chi connectivity index (χ2v) is 6.07. The number of nitrogen functional groups attached to an aromatic ring is 1. The molecule has 1 aliphatic carbocycles. The van der Waals surface area contributed by atoms with Crippen LogP contribution in [0.4, 0.5) is 5.69 Å². The highest BCUT2D eigenvalue weighted by Crippen LogP contribution is 2.25. The smallest absolute Gasteiger partial charge is 0.274 e. The zero-order valence-electron chi connectivity index (χ0n) is 12.4. The van der Waals surface area contributed by atoms with Crippen LogP contribution < -0.4 is 5.73 Å². The number of amides is 1. The first-order valence-corrected chi connectivity index (χ1v) is 7.64. The van der Waals surface area contributed by atoms with E-state index in [-0.39, 0.29) is 5.91 Å². The van der Waals surface area contributed by atoms with E-state index in [0.29, 0.717) is 17.3 Å². The van der Waals surface area contributed by atoms with Crippen LogP contribution in [0, 0.1) is 5.92 Å². The van der Waals surface area contributed by atoms with Crippen LogP contribution in [0.1, 0.15) is 42.6 Å². The second kappa shape index (κ2) is 5.76. The maximum atomic E-state index is 12.6. The lowest BCUT2D eigenvalue weighted by molar-refractivity contribution is 0.0756. The Kier molecular flexibility index (Phi) is 3.82. The first-order valence-electron chi connectivity index (χ1n) is 7.64. The average molecular weight is 286 g/mol. The monoisotopic (exact) mass is 286 g/mol. The molecule has 0 unspecified atom stereocenters. The molecule has 1 heterocycles. The van der Waals surface area contributed by atoms with Crippen molar-refractivity contribution in [3.8, 4) is 0 Å². The molecule has 0 atom stereocenters. The number of rotatable bonds is 3. The van der Waals surface area contributed by atoms with Gasteiger partial charge in [-0.05, 0) is 37.0 Å². The number of aromatic nitrogens is 2. The second-order valence-electron chi connectivity index (χ2n) is 6.07. The molecule has 0 spiro atoms. The molecule has 5 heteroatoms. The lowest BCUT2D eigenvalue weighted by Crippen LogP contribution is -2.33. The molecule has 0 radical (unpaired) electrons. The third-order valence-corrected chi connectivity index (χ3v) is 4.39. The largest absolute Gasteiger partial charge is 0.399 e. The summed E-state index contributed by atoms with van der Waals surface area (Å²) in [6.45, 7) is 0.815. The van der Waals surface area contributed by atoms with Crippen molar-refractivity contribution in [2.75, 3.05) is 19.3 Å². The highest BCUT2D eigenvalue weighted by atomic mass is 16.2. The van der Waals surface area contributed by atoms with Crippen LogP contribution in [0.25, 0.3) is 10.9 Å². The zero-order chi connectivity index (χ0) is 14.8. The van der Waals surface area contributed by atoms with Gasteiger partial charge in [0.15, 0.2) is 5.69 Å². The van der Waals surface area contributed by atoms with Crippen molar-refractivity contribution in [3.05, 3.63) is 23.9 Å². The fourth-order valence-electron chi connectivity index (χ4n) is 3.22. The minimum atomic E-state index is -0.0302. The number of hydrogen-bond donors (Lipinski definition) is 2. The summed E-state index contributed by atoms with van der Waals surface area (Å²) in [6, 6.07) is 5.47. The van der Waals surface area contributed by atoms with Crippen molar-refractivity contribution in [3.63, 3.8) is 0 Å². The van der Waals surface area contributed by atoms with Gasteiger partial charge in [-0.25, -0.2) is 0 Å².